The molecule has 0 N–H and O–H groups in total. The van der Waals surface area contributed by atoms with Crippen LogP contribution in [-0.2, 0) is 0 Å². The van der Waals surface area contributed by atoms with E-state index in [1.165, 1.54) is 18.2 Å². The first-order valence-corrected chi connectivity index (χ1v) is 8.87. The molecule has 1 heterocycles. The van der Waals surface area contributed by atoms with E-state index in [0.717, 1.165) is 11.3 Å². The maximum Gasteiger partial charge on any atom is 0.288 e. The van der Waals surface area contributed by atoms with Gasteiger partial charge in [0.05, 0.1) is 10.5 Å². The Bertz CT molecular complexity index is 865. The first-order chi connectivity index (χ1) is 12.4. The molecule has 6 nitrogen and oxygen atoms in total. The molecule has 1 amide bonds. The maximum absolute atomic E-state index is 12.7. The topological polar surface area (TPSA) is 66.7 Å². The minimum Gasteiger partial charge on any atom is -0.368 e. The van der Waals surface area contributed by atoms with Gasteiger partial charge in [-0.25, -0.2) is 0 Å². The van der Waals surface area contributed by atoms with Crippen LogP contribution < -0.4 is 4.90 Å². The molecule has 0 unspecified atom stereocenters. The number of nitro benzene ring substituents is 1. The van der Waals surface area contributed by atoms with Crippen LogP contribution in [-0.4, -0.2) is 41.9 Å². The second-order valence-corrected chi connectivity index (χ2v) is 6.92. The van der Waals surface area contributed by atoms with Crippen molar-refractivity contribution in [1.82, 2.24) is 4.90 Å². The summed E-state index contributed by atoms with van der Waals surface area (Å²) >= 11 is 12.2. The average molecular weight is 394 g/mol. The van der Waals surface area contributed by atoms with E-state index in [1.54, 1.807) is 4.90 Å². The van der Waals surface area contributed by atoms with Crippen LogP contribution in [0.25, 0.3) is 0 Å². The number of benzene rings is 2. The number of hydrogen-bond donors (Lipinski definition) is 0. The number of carbonyl (C=O) groups excluding carboxylic acids is 1. The molecule has 1 saturated heterocycles. The van der Waals surface area contributed by atoms with Crippen LogP contribution in [0.4, 0.5) is 11.4 Å². The number of amides is 1. The molecule has 0 bridgehead atoms. The number of rotatable bonds is 3. The van der Waals surface area contributed by atoms with Crippen LogP contribution in [0.5, 0.6) is 0 Å². The summed E-state index contributed by atoms with van der Waals surface area (Å²) in [6.07, 6.45) is 0. The summed E-state index contributed by atoms with van der Waals surface area (Å²) in [6.45, 7) is 4.33. The highest BCUT2D eigenvalue weighted by Crippen LogP contribution is 2.30. The van der Waals surface area contributed by atoms with Gasteiger partial charge in [-0.1, -0.05) is 35.3 Å². The summed E-state index contributed by atoms with van der Waals surface area (Å²) in [7, 11) is 0. The fourth-order valence-corrected chi connectivity index (χ4v) is 3.51. The molecule has 1 aliphatic rings. The van der Waals surface area contributed by atoms with Crippen molar-refractivity contribution in [3.63, 3.8) is 0 Å². The van der Waals surface area contributed by atoms with E-state index in [-0.39, 0.29) is 22.2 Å². The first-order valence-electron chi connectivity index (χ1n) is 8.12. The third kappa shape index (κ3) is 3.61. The van der Waals surface area contributed by atoms with Gasteiger partial charge < -0.3 is 9.80 Å². The quantitative estimate of drug-likeness (QED) is 0.579. The van der Waals surface area contributed by atoms with Crippen molar-refractivity contribution in [3.8, 4) is 0 Å². The molecule has 0 saturated carbocycles. The van der Waals surface area contributed by atoms with Crippen LogP contribution in [0.3, 0.4) is 0 Å². The highest BCUT2D eigenvalue weighted by atomic mass is 35.5. The molecule has 0 atom stereocenters. The zero-order chi connectivity index (χ0) is 18.8. The number of hydrogen-bond acceptors (Lipinski definition) is 4. The first kappa shape index (κ1) is 18.5. The van der Waals surface area contributed by atoms with Crippen molar-refractivity contribution in [1.29, 1.82) is 0 Å². The van der Waals surface area contributed by atoms with Crippen LogP contribution in [0.2, 0.25) is 10.0 Å². The lowest BCUT2D eigenvalue weighted by atomic mass is 10.1. The van der Waals surface area contributed by atoms with Gasteiger partial charge in [0.15, 0.2) is 0 Å². The number of piperazine rings is 1. The summed E-state index contributed by atoms with van der Waals surface area (Å²) in [5.41, 5.74) is 2.08. The van der Waals surface area contributed by atoms with Crippen molar-refractivity contribution in [2.45, 2.75) is 6.92 Å². The molecule has 0 aromatic heterocycles. The van der Waals surface area contributed by atoms with Gasteiger partial charge in [-0.15, -0.1) is 0 Å². The van der Waals surface area contributed by atoms with E-state index in [2.05, 4.69) is 4.90 Å². The largest absolute Gasteiger partial charge is 0.368 e. The van der Waals surface area contributed by atoms with Gasteiger partial charge in [-0.2, -0.15) is 0 Å². The summed E-state index contributed by atoms with van der Waals surface area (Å²) in [5, 5.41) is 11.6. The third-order valence-corrected chi connectivity index (χ3v) is 5.12. The summed E-state index contributed by atoms with van der Waals surface area (Å²) in [6, 6.07) is 10.0. The predicted molar refractivity (Wildman–Crippen MR) is 102 cm³/mol. The Morgan fingerprint density at radius 3 is 2.46 bits per heavy atom. The van der Waals surface area contributed by atoms with Crippen molar-refractivity contribution < 1.29 is 9.72 Å². The Labute approximate surface area is 161 Å². The third-order valence-electron chi connectivity index (χ3n) is 4.48. The van der Waals surface area contributed by atoms with Gasteiger partial charge >= 0.3 is 0 Å². The molecule has 3 rings (SSSR count). The minimum absolute atomic E-state index is 0.115. The van der Waals surface area contributed by atoms with Gasteiger partial charge in [0.2, 0.25) is 0 Å². The molecule has 0 spiro atoms. The average Bonchev–Trinajstić information content (AvgIpc) is 2.63. The van der Waals surface area contributed by atoms with E-state index in [0.29, 0.717) is 31.2 Å². The maximum atomic E-state index is 12.7. The minimum atomic E-state index is -0.584. The lowest BCUT2D eigenvalue weighted by Gasteiger charge is -2.37. The summed E-state index contributed by atoms with van der Waals surface area (Å²) in [5.74, 6) is -0.291. The van der Waals surface area contributed by atoms with Crippen LogP contribution >= 0.6 is 23.2 Å². The molecular weight excluding hydrogens is 377 g/mol. The number of halogens is 2. The van der Waals surface area contributed by atoms with Crippen LogP contribution in [0.15, 0.2) is 36.4 Å². The summed E-state index contributed by atoms with van der Waals surface area (Å²) < 4.78 is 0. The number of carbonyl (C=O) groups is 1. The highest BCUT2D eigenvalue weighted by Gasteiger charge is 2.27. The molecule has 8 heteroatoms. The Balaban J connectivity index is 1.74. The number of aryl methyl sites for hydroxylation is 1. The molecule has 136 valence electrons. The van der Waals surface area contributed by atoms with Crippen LogP contribution in [0.1, 0.15) is 15.9 Å². The van der Waals surface area contributed by atoms with E-state index in [9.17, 15) is 14.9 Å². The molecule has 26 heavy (non-hydrogen) atoms. The number of anilines is 1. The fraction of sp³-hybridized carbons (Fsp3) is 0.278. The SMILES string of the molecule is Cc1ccc(Cl)cc1N1CCN(C(=O)c2cccc([N+](=O)[O-])c2Cl)CC1. The van der Waals surface area contributed by atoms with E-state index in [4.69, 9.17) is 23.2 Å². The van der Waals surface area contributed by atoms with Crippen molar-refractivity contribution in [3.05, 3.63) is 67.7 Å². The normalized spacial score (nSPS) is 14.4. The fourth-order valence-electron chi connectivity index (χ4n) is 3.07. The highest BCUT2D eigenvalue weighted by molar-refractivity contribution is 6.35. The molecule has 1 aliphatic heterocycles. The zero-order valence-corrected chi connectivity index (χ0v) is 15.6. The Morgan fingerprint density at radius 2 is 1.81 bits per heavy atom. The van der Waals surface area contributed by atoms with Crippen molar-refractivity contribution >= 4 is 40.5 Å². The standard InChI is InChI=1S/C18H17Cl2N3O3/c1-12-5-6-13(19)11-16(12)21-7-9-22(10-8-21)18(24)14-3-2-4-15(17(14)20)23(25)26/h2-6,11H,7-10H2,1H3. The van der Waals surface area contributed by atoms with Crippen molar-refractivity contribution in [2.24, 2.45) is 0 Å². The number of nitrogens with zero attached hydrogens (tertiary/aromatic N) is 3. The smallest absolute Gasteiger partial charge is 0.288 e. The molecule has 1 fully saturated rings. The number of nitro groups is 1. The Morgan fingerprint density at radius 1 is 1.12 bits per heavy atom. The molecule has 0 aliphatic carbocycles. The van der Waals surface area contributed by atoms with E-state index >= 15 is 0 Å². The van der Waals surface area contributed by atoms with Gasteiger partial charge in [-0.05, 0) is 30.7 Å². The lowest BCUT2D eigenvalue weighted by molar-refractivity contribution is -0.384. The van der Waals surface area contributed by atoms with Gasteiger partial charge in [0, 0.05) is 43.0 Å². The monoisotopic (exact) mass is 393 g/mol. The molecule has 2 aromatic carbocycles. The second kappa shape index (κ2) is 7.51. The van der Waals surface area contributed by atoms with E-state index < -0.39 is 4.92 Å². The Kier molecular flexibility index (Phi) is 5.34. The van der Waals surface area contributed by atoms with Crippen LogP contribution in [0, 0.1) is 17.0 Å². The van der Waals surface area contributed by atoms with E-state index in [1.807, 2.05) is 25.1 Å². The van der Waals surface area contributed by atoms with Gasteiger partial charge in [0.1, 0.15) is 5.02 Å². The predicted octanol–water partition coefficient (Wildman–Crippen LogP) is 4.17. The lowest BCUT2D eigenvalue weighted by Crippen LogP contribution is -2.49. The molecule has 2 aromatic rings. The molecular formula is C18H17Cl2N3O3. The van der Waals surface area contributed by atoms with Crippen molar-refractivity contribution in [2.75, 3.05) is 31.1 Å². The zero-order valence-electron chi connectivity index (χ0n) is 14.1. The molecule has 0 radical (unpaired) electrons. The van der Waals surface area contributed by atoms with Gasteiger partial charge in [0.25, 0.3) is 11.6 Å². The van der Waals surface area contributed by atoms with Gasteiger partial charge in [-0.3, -0.25) is 14.9 Å². The Hall–Kier alpha value is -2.31. The second-order valence-electron chi connectivity index (χ2n) is 6.11. The summed E-state index contributed by atoms with van der Waals surface area (Å²) in [4.78, 5) is 27.0.